The number of hydrogen-bond acceptors (Lipinski definition) is 10. The van der Waals surface area contributed by atoms with Gasteiger partial charge in [0.15, 0.2) is 0 Å². The molecule has 1 aliphatic rings. The van der Waals surface area contributed by atoms with Crippen molar-refractivity contribution in [1.82, 2.24) is 30.2 Å². The molecule has 6 rings (SSSR count). The molecule has 0 saturated carbocycles. The van der Waals surface area contributed by atoms with E-state index in [2.05, 4.69) is 63.2 Å². The third-order valence-corrected chi connectivity index (χ3v) is 9.41. The SMILES string of the molecule is CN/C=C(\C=N)c1cc(Nc2nc(Nc3cnc4ccccc4c3P(C)C)c3cc[nH]c3n2)c(OC)cc1N1CCN(C)CC1. The van der Waals surface area contributed by atoms with E-state index in [-0.39, 0.29) is 0 Å². The molecule has 5 aromatic rings. The van der Waals surface area contributed by atoms with Gasteiger partial charge in [0.25, 0.3) is 0 Å². The van der Waals surface area contributed by atoms with E-state index in [9.17, 15) is 0 Å². The van der Waals surface area contributed by atoms with Crippen molar-refractivity contribution in [3.8, 4) is 5.75 Å². The summed E-state index contributed by atoms with van der Waals surface area (Å²) >= 11 is 0. The number of rotatable bonds is 10. The highest BCUT2D eigenvalue weighted by molar-refractivity contribution is 7.65. The third-order valence-electron chi connectivity index (χ3n) is 8.04. The summed E-state index contributed by atoms with van der Waals surface area (Å²) < 4.78 is 5.90. The van der Waals surface area contributed by atoms with Gasteiger partial charge in [-0.2, -0.15) is 9.97 Å². The Hall–Kier alpha value is -4.73. The molecule has 0 spiro atoms. The van der Waals surface area contributed by atoms with E-state index in [1.165, 1.54) is 11.5 Å². The van der Waals surface area contributed by atoms with Crippen molar-refractivity contribution >= 4 is 75.8 Å². The molecule has 0 bridgehead atoms. The van der Waals surface area contributed by atoms with E-state index in [0.717, 1.165) is 65.0 Å². The fraction of sp³-hybridized carbons (Fsp3) is 0.273. The number of allylic oxidation sites excluding steroid dienone is 1. The number of ether oxygens (including phenoxy) is 1. The maximum atomic E-state index is 8.19. The molecule has 0 atom stereocenters. The van der Waals surface area contributed by atoms with Crippen molar-refractivity contribution < 1.29 is 4.74 Å². The molecule has 232 valence electrons. The Bertz CT molecular complexity index is 1880. The van der Waals surface area contributed by atoms with Gasteiger partial charge in [-0.05, 0) is 38.6 Å². The zero-order chi connectivity index (χ0) is 31.5. The van der Waals surface area contributed by atoms with Gasteiger partial charge in [0.1, 0.15) is 17.2 Å². The lowest BCUT2D eigenvalue weighted by atomic mass is 10.0. The van der Waals surface area contributed by atoms with E-state index in [1.807, 2.05) is 56.0 Å². The zero-order valence-corrected chi connectivity index (χ0v) is 27.2. The van der Waals surface area contributed by atoms with E-state index in [1.54, 1.807) is 7.11 Å². The molecular weight excluding hydrogens is 583 g/mol. The number of fused-ring (bicyclic) bond motifs is 2. The normalized spacial score (nSPS) is 14.3. The van der Waals surface area contributed by atoms with E-state index >= 15 is 0 Å². The Balaban J connectivity index is 1.42. The topological polar surface area (TPSA) is 130 Å². The summed E-state index contributed by atoms with van der Waals surface area (Å²) in [6.45, 7) is 8.20. The molecule has 1 aliphatic heterocycles. The first-order valence-electron chi connectivity index (χ1n) is 14.9. The number of likely N-dealkylation sites (N-methyl/N-ethyl adjacent to an activating group) is 1. The average Bonchev–Trinajstić information content (AvgIpc) is 3.53. The van der Waals surface area contributed by atoms with Gasteiger partial charge in [-0.25, -0.2) is 0 Å². The minimum absolute atomic E-state index is 0.406. The molecule has 0 amide bonds. The molecule has 3 aromatic heterocycles. The molecule has 4 heterocycles. The van der Waals surface area contributed by atoms with Crippen LogP contribution in [0.1, 0.15) is 5.56 Å². The van der Waals surface area contributed by atoms with Crippen molar-refractivity contribution in [2.45, 2.75) is 0 Å². The maximum Gasteiger partial charge on any atom is 0.231 e. The van der Waals surface area contributed by atoms with Crippen LogP contribution >= 0.6 is 7.92 Å². The van der Waals surface area contributed by atoms with Gasteiger partial charge in [0.2, 0.25) is 5.95 Å². The van der Waals surface area contributed by atoms with Crippen LogP contribution in [-0.2, 0) is 0 Å². The zero-order valence-electron chi connectivity index (χ0n) is 26.3. The number of hydrogen-bond donors (Lipinski definition) is 5. The lowest BCUT2D eigenvalue weighted by molar-refractivity contribution is 0.312. The summed E-state index contributed by atoms with van der Waals surface area (Å²) in [5.41, 5.74) is 6.00. The van der Waals surface area contributed by atoms with Gasteiger partial charge >= 0.3 is 0 Å². The lowest BCUT2D eigenvalue weighted by Gasteiger charge is -2.35. The average molecular weight is 623 g/mol. The Labute approximate surface area is 264 Å². The number of pyridine rings is 1. The Morgan fingerprint density at radius 1 is 1.02 bits per heavy atom. The number of methoxy groups -OCH3 is 1. The van der Waals surface area contributed by atoms with Gasteiger partial charge in [0.05, 0.1) is 35.6 Å². The summed E-state index contributed by atoms with van der Waals surface area (Å²) in [7, 11) is 5.20. The number of para-hydroxylation sites is 1. The summed E-state index contributed by atoms with van der Waals surface area (Å²) in [4.78, 5) is 22.4. The number of aromatic amines is 1. The highest BCUT2D eigenvalue weighted by atomic mass is 31.1. The van der Waals surface area contributed by atoms with Crippen molar-refractivity contribution in [1.29, 1.82) is 5.41 Å². The molecule has 12 heteroatoms. The second kappa shape index (κ2) is 13.1. The number of H-pyrrole nitrogens is 1. The van der Waals surface area contributed by atoms with Crippen molar-refractivity contribution in [2.24, 2.45) is 0 Å². The summed E-state index contributed by atoms with van der Waals surface area (Å²) in [5.74, 6) is 1.74. The minimum Gasteiger partial charge on any atom is -0.494 e. The molecule has 0 radical (unpaired) electrons. The molecular formula is C33H39N10OP. The number of aromatic nitrogens is 4. The standard InChI is InChI=1S/C33H39N10OP/c1-35-19-21(18-34)24-16-26(29(44-3)17-28(24)43-14-12-42(2)13-15-43)39-33-40-31-23(10-11-36-31)32(41-33)38-27-20-37-25-9-7-6-8-22(25)30(27)45(4)5/h6-11,16-20,34-35H,12-15H2,1-5H3,(H3,36,38,39,40,41)/b21-19+,34-18?. The predicted molar refractivity (Wildman–Crippen MR) is 189 cm³/mol. The molecule has 45 heavy (non-hydrogen) atoms. The summed E-state index contributed by atoms with van der Waals surface area (Å²) in [6.07, 6.45) is 6.97. The lowest BCUT2D eigenvalue weighted by Crippen LogP contribution is -2.44. The predicted octanol–water partition coefficient (Wildman–Crippen LogP) is 5.33. The largest absolute Gasteiger partial charge is 0.494 e. The molecule has 0 aliphatic carbocycles. The van der Waals surface area contributed by atoms with Crippen LogP contribution in [0, 0.1) is 5.41 Å². The summed E-state index contributed by atoms with van der Waals surface area (Å²) in [6, 6.07) is 14.3. The van der Waals surface area contributed by atoms with Crippen molar-refractivity contribution in [3.05, 3.63) is 66.6 Å². The molecule has 11 nitrogen and oxygen atoms in total. The van der Waals surface area contributed by atoms with Crippen LogP contribution in [0.4, 0.5) is 28.8 Å². The quantitative estimate of drug-likeness (QED) is 0.104. The van der Waals surface area contributed by atoms with Crippen LogP contribution in [0.5, 0.6) is 5.75 Å². The van der Waals surface area contributed by atoms with E-state index < -0.39 is 7.92 Å². The Morgan fingerprint density at radius 2 is 1.82 bits per heavy atom. The van der Waals surface area contributed by atoms with Crippen LogP contribution in [0.3, 0.4) is 0 Å². The summed E-state index contributed by atoms with van der Waals surface area (Å²) in [5, 5.41) is 21.6. The van der Waals surface area contributed by atoms with Gasteiger partial charge in [-0.1, -0.05) is 26.1 Å². The number of nitrogens with one attached hydrogen (secondary N) is 5. The van der Waals surface area contributed by atoms with Gasteiger partial charge in [-0.15, -0.1) is 0 Å². The van der Waals surface area contributed by atoms with Crippen LogP contribution < -0.4 is 30.9 Å². The van der Waals surface area contributed by atoms with E-state index in [4.69, 9.17) is 25.1 Å². The highest BCUT2D eigenvalue weighted by Gasteiger charge is 2.22. The second-order valence-corrected chi connectivity index (χ2v) is 13.4. The van der Waals surface area contributed by atoms with E-state index in [0.29, 0.717) is 28.9 Å². The van der Waals surface area contributed by atoms with Crippen LogP contribution in [0.2, 0.25) is 0 Å². The molecule has 1 saturated heterocycles. The number of nitrogens with zero attached hydrogens (tertiary/aromatic N) is 5. The number of piperazine rings is 1. The smallest absolute Gasteiger partial charge is 0.231 e. The molecule has 1 fully saturated rings. The maximum absolute atomic E-state index is 8.19. The fourth-order valence-corrected chi connectivity index (χ4v) is 7.04. The molecule has 0 unspecified atom stereocenters. The Morgan fingerprint density at radius 3 is 2.56 bits per heavy atom. The second-order valence-electron chi connectivity index (χ2n) is 11.2. The van der Waals surface area contributed by atoms with Gasteiger partial charge < -0.3 is 40.9 Å². The number of anilines is 5. The third kappa shape index (κ3) is 6.14. The van der Waals surface area contributed by atoms with Gasteiger partial charge in [-0.3, -0.25) is 4.98 Å². The van der Waals surface area contributed by atoms with Crippen LogP contribution in [0.25, 0.3) is 27.5 Å². The first kappa shape index (κ1) is 30.3. The highest BCUT2D eigenvalue weighted by Crippen LogP contribution is 2.39. The number of benzene rings is 2. The van der Waals surface area contributed by atoms with Crippen molar-refractivity contribution in [2.75, 3.05) is 76.2 Å². The minimum atomic E-state index is -0.446. The van der Waals surface area contributed by atoms with Crippen LogP contribution in [0.15, 0.2) is 61.1 Å². The monoisotopic (exact) mass is 622 g/mol. The first-order valence-corrected chi connectivity index (χ1v) is 17.1. The van der Waals surface area contributed by atoms with Crippen molar-refractivity contribution in [3.63, 3.8) is 0 Å². The van der Waals surface area contributed by atoms with Gasteiger partial charge in [0, 0.05) is 85.4 Å². The first-order chi connectivity index (χ1) is 21.9. The Kier molecular flexibility index (Phi) is 8.82. The van der Waals surface area contributed by atoms with Crippen LogP contribution in [-0.4, -0.2) is 91.8 Å². The fourth-order valence-electron chi connectivity index (χ4n) is 5.77. The molecule has 5 N–H and O–H groups in total. The molecule has 2 aromatic carbocycles.